The van der Waals surface area contributed by atoms with Gasteiger partial charge in [0.2, 0.25) is 0 Å². The van der Waals surface area contributed by atoms with Gasteiger partial charge in [-0.25, -0.2) is 0 Å². The fourth-order valence-corrected chi connectivity index (χ4v) is 1.47. The first-order valence-electron chi connectivity index (χ1n) is 5.41. The summed E-state index contributed by atoms with van der Waals surface area (Å²) in [5, 5.41) is 22.8. The normalized spacial score (nSPS) is 16.1. The van der Waals surface area contributed by atoms with Crippen LogP contribution in [0.3, 0.4) is 0 Å². The molecule has 0 aliphatic carbocycles. The molecule has 87 valence electrons. The zero-order valence-corrected chi connectivity index (χ0v) is 9.50. The monoisotopic (exact) mass is 213 g/mol. The lowest BCUT2D eigenvalue weighted by Crippen LogP contribution is -2.04. The zero-order valence-electron chi connectivity index (χ0n) is 9.50. The number of hydrogen-bond donors (Lipinski definition) is 2. The molecule has 0 aliphatic rings. The van der Waals surface area contributed by atoms with E-state index in [1.165, 1.54) is 6.21 Å². The van der Waals surface area contributed by atoms with E-state index in [-0.39, 0.29) is 5.92 Å². The van der Waals surface area contributed by atoms with Crippen molar-refractivity contribution < 1.29 is 10.4 Å². The van der Waals surface area contributed by atoms with Crippen molar-refractivity contribution in [2.45, 2.75) is 39.5 Å². The molecule has 4 heteroatoms. The zero-order chi connectivity index (χ0) is 11.5. The Morgan fingerprint density at radius 2 is 1.80 bits per heavy atom. The highest BCUT2D eigenvalue weighted by Crippen LogP contribution is 2.14. The van der Waals surface area contributed by atoms with Gasteiger partial charge in [0, 0.05) is 12.4 Å². The standard InChI is InChI=1S/C11H21N2O2/c1-3-5-11(9-13-15)7-4-6-10(2)8-12-14/h4,8-11,14-15H,3,5-7H2,1-2H3. The van der Waals surface area contributed by atoms with E-state index in [1.54, 1.807) is 6.21 Å². The summed E-state index contributed by atoms with van der Waals surface area (Å²) >= 11 is 0. The van der Waals surface area contributed by atoms with Crippen molar-refractivity contribution in [3.05, 3.63) is 6.42 Å². The second-order valence-electron chi connectivity index (χ2n) is 3.82. The summed E-state index contributed by atoms with van der Waals surface area (Å²) in [4.78, 5) is 0. The lowest BCUT2D eigenvalue weighted by atomic mass is 9.95. The molecule has 0 amide bonds. The van der Waals surface area contributed by atoms with Crippen molar-refractivity contribution in [3.8, 4) is 0 Å². The number of oxime groups is 2. The molecule has 0 aliphatic heterocycles. The molecular formula is C11H21N2O2. The maximum Gasteiger partial charge on any atom is 0.0466 e. The van der Waals surface area contributed by atoms with Gasteiger partial charge in [-0.15, -0.1) is 10.3 Å². The quantitative estimate of drug-likeness (QED) is 0.370. The van der Waals surface area contributed by atoms with Crippen LogP contribution in [0, 0.1) is 18.3 Å². The first kappa shape index (κ1) is 13.9. The SMILES string of the molecule is CCCC(C=NO)C[CH]CC(C)C=NO. The topological polar surface area (TPSA) is 65.2 Å². The van der Waals surface area contributed by atoms with Gasteiger partial charge < -0.3 is 10.4 Å². The smallest absolute Gasteiger partial charge is 0.0466 e. The van der Waals surface area contributed by atoms with Crippen LogP contribution in [0.15, 0.2) is 10.3 Å². The maximum atomic E-state index is 8.46. The van der Waals surface area contributed by atoms with E-state index < -0.39 is 0 Å². The molecule has 15 heavy (non-hydrogen) atoms. The third-order valence-corrected chi connectivity index (χ3v) is 2.27. The fourth-order valence-electron chi connectivity index (χ4n) is 1.47. The molecule has 0 aromatic heterocycles. The van der Waals surface area contributed by atoms with E-state index in [9.17, 15) is 0 Å². The third kappa shape index (κ3) is 7.97. The van der Waals surface area contributed by atoms with Gasteiger partial charge in [-0.2, -0.15) is 0 Å². The minimum Gasteiger partial charge on any atom is -0.411 e. The Balaban J connectivity index is 3.69. The highest BCUT2D eigenvalue weighted by molar-refractivity contribution is 5.60. The van der Waals surface area contributed by atoms with Gasteiger partial charge in [0.05, 0.1) is 0 Å². The molecule has 0 fully saturated rings. The van der Waals surface area contributed by atoms with Crippen molar-refractivity contribution >= 4 is 12.4 Å². The van der Waals surface area contributed by atoms with Gasteiger partial charge in [-0.05, 0) is 37.5 Å². The lowest BCUT2D eigenvalue weighted by Gasteiger charge is -2.10. The molecule has 0 aromatic carbocycles. The van der Waals surface area contributed by atoms with Crippen LogP contribution in [0.25, 0.3) is 0 Å². The lowest BCUT2D eigenvalue weighted by molar-refractivity contribution is 0.317. The van der Waals surface area contributed by atoms with Crippen LogP contribution in [-0.4, -0.2) is 22.8 Å². The van der Waals surface area contributed by atoms with Crippen molar-refractivity contribution in [2.75, 3.05) is 0 Å². The minimum atomic E-state index is 0.253. The summed E-state index contributed by atoms with van der Waals surface area (Å²) in [7, 11) is 0. The second-order valence-corrected chi connectivity index (χ2v) is 3.82. The molecule has 2 atom stereocenters. The molecule has 0 saturated carbocycles. The largest absolute Gasteiger partial charge is 0.411 e. The van der Waals surface area contributed by atoms with Crippen LogP contribution < -0.4 is 0 Å². The van der Waals surface area contributed by atoms with Crippen LogP contribution >= 0.6 is 0 Å². The number of hydrogen-bond acceptors (Lipinski definition) is 4. The molecule has 0 heterocycles. The van der Waals surface area contributed by atoms with E-state index in [4.69, 9.17) is 10.4 Å². The molecular weight excluding hydrogens is 192 g/mol. The Morgan fingerprint density at radius 3 is 2.33 bits per heavy atom. The molecule has 1 radical (unpaired) electrons. The van der Waals surface area contributed by atoms with E-state index in [0.717, 1.165) is 25.7 Å². The first-order chi connectivity index (χ1) is 7.24. The highest BCUT2D eigenvalue weighted by Gasteiger charge is 2.06. The molecule has 0 saturated heterocycles. The van der Waals surface area contributed by atoms with Crippen molar-refractivity contribution in [2.24, 2.45) is 22.1 Å². The predicted octanol–water partition coefficient (Wildman–Crippen LogP) is 2.94. The molecule has 0 aromatic rings. The molecule has 0 rings (SSSR count). The maximum absolute atomic E-state index is 8.46. The van der Waals surface area contributed by atoms with Gasteiger partial charge in [0.15, 0.2) is 0 Å². The van der Waals surface area contributed by atoms with E-state index in [0.29, 0.717) is 5.92 Å². The summed E-state index contributed by atoms with van der Waals surface area (Å²) in [6.07, 6.45) is 9.15. The van der Waals surface area contributed by atoms with Crippen LogP contribution in [0.5, 0.6) is 0 Å². The van der Waals surface area contributed by atoms with E-state index in [2.05, 4.69) is 23.7 Å². The third-order valence-electron chi connectivity index (χ3n) is 2.27. The number of nitrogens with zero attached hydrogens (tertiary/aromatic N) is 2. The molecule has 2 N–H and O–H groups in total. The summed E-state index contributed by atoms with van der Waals surface area (Å²) in [6.45, 7) is 4.10. The van der Waals surface area contributed by atoms with E-state index >= 15 is 0 Å². The van der Waals surface area contributed by atoms with Gasteiger partial charge >= 0.3 is 0 Å². The van der Waals surface area contributed by atoms with Gasteiger partial charge in [0.1, 0.15) is 0 Å². The highest BCUT2D eigenvalue weighted by atomic mass is 16.4. The summed E-state index contributed by atoms with van der Waals surface area (Å²) in [6, 6.07) is 0. The molecule has 4 nitrogen and oxygen atoms in total. The average Bonchev–Trinajstić information content (AvgIpc) is 2.19. The summed E-state index contributed by atoms with van der Waals surface area (Å²) < 4.78 is 0. The van der Waals surface area contributed by atoms with Gasteiger partial charge in [-0.1, -0.05) is 20.3 Å². The van der Waals surface area contributed by atoms with Crippen molar-refractivity contribution in [1.82, 2.24) is 0 Å². The number of rotatable bonds is 8. The van der Waals surface area contributed by atoms with Crippen LogP contribution in [0.2, 0.25) is 0 Å². The molecule has 0 bridgehead atoms. The Bertz CT molecular complexity index is 193. The van der Waals surface area contributed by atoms with Gasteiger partial charge in [0.25, 0.3) is 0 Å². The van der Waals surface area contributed by atoms with Crippen molar-refractivity contribution in [3.63, 3.8) is 0 Å². The average molecular weight is 213 g/mol. The minimum absolute atomic E-state index is 0.253. The fraction of sp³-hybridized carbons (Fsp3) is 0.727. The van der Waals surface area contributed by atoms with Crippen LogP contribution in [0.4, 0.5) is 0 Å². The van der Waals surface area contributed by atoms with Crippen LogP contribution in [-0.2, 0) is 0 Å². The predicted molar refractivity (Wildman–Crippen MR) is 61.7 cm³/mol. The Hall–Kier alpha value is -1.06. The Morgan fingerprint density at radius 1 is 1.13 bits per heavy atom. The molecule has 2 unspecified atom stereocenters. The van der Waals surface area contributed by atoms with Crippen molar-refractivity contribution in [1.29, 1.82) is 0 Å². The summed E-state index contributed by atoms with van der Waals surface area (Å²) in [5.74, 6) is 0.571. The molecule has 0 spiro atoms. The van der Waals surface area contributed by atoms with Gasteiger partial charge in [-0.3, -0.25) is 0 Å². The first-order valence-corrected chi connectivity index (χ1v) is 5.41. The summed E-state index contributed by atoms with van der Waals surface area (Å²) in [5.41, 5.74) is 0. The van der Waals surface area contributed by atoms with E-state index in [1.807, 2.05) is 6.92 Å². The van der Waals surface area contributed by atoms with Crippen LogP contribution in [0.1, 0.15) is 39.5 Å². The second kappa shape index (κ2) is 9.49. The Kier molecular flexibility index (Phi) is 8.82. The Labute approximate surface area is 91.7 Å².